The SMILES string of the molecule is CCn1c(CNC(=O)c2cn(-c3ccccc3)nc2-c2ccccc2)n[nH]c1=S. The van der Waals surface area contributed by atoms with Gasteiger partial charge in [0.2, 0.25) is 0 Å². The molecule has 4 aromatic rings. The van der Waals surface area contributed by atoms with Gasteiger partial charge in [-0.25, -0.2) is 4.68 Å². The number of carbonyl (C=O) groups is 1. The van der Waals surface area contributed by atoms with E-state index in [1.165, 1.54) is 0 Å². The number of para-hydroxylation sites is 1. The molecule has 1 amide bonds. The molecular weight excluding hydrogens is 384 g/mol. The maximum absolute atomic E-state index is 13.0. The molecule has 0 radical (unpaired) electrons. The first-order valence-corrected chi connectivity index (χ1v) is 9.71. The zero-order chi connectivity index (χ0) is 20.2. The Morgan fingerprint density at radius 2 is 1.79 bits per heavy atom. The Kier molecular flexibility index (Phi) is 5.35. The lowest BCUT2D eigenvalue weighted by molar-refractivity contribution is 0.0950. The predicted octanol–water partition coefficient (Wildman–Crippen LogP) is 3.74. The summed E-state index contributed by atoms with van der Waals surface area (Å²) in [7, 11) is 0. The second-order valence-corrected chi connectivity index (χ2v) is 6.80. The van der Waals surface area contributed by atoms with E-state index in [9.17, 15) is 4.79 Å². The second kappa shape index (κ2) is 8.24. The van der Waals surface area contributed by atoms with Crippen LogP contribution in [0.25, 0.3) is 16.9 Å². The van der Waals surface area contributed by atoms with Gasteiger partial charge in [-0.15, -0.1) is 0 Å². The van der Waals surface area contributed by atoms with Gasteiger partial charge in [-0.3, -0.25) is 9.89 Å². The Morgan fingerprint density at radius 3 is 2.48 bits per heavy atom. The van der Waals surface area contributed by atoms with Crippen LogP contribution in [-0.4, -0.2) is 30.5 Å². The fraction of sp³-hybridized carbons (Fsp3) is 0.143. The van der Waals surface area contributed by atoms with Crippen LogP contribution in [0.5, 0.6) is 0 Å². The Morgan fingerprint density at radius 1 is 1.10 bits per heavy atom. The van der Waals surface area contributed by atoms with Crippen molar-refractivity contribution < 1.29 is 4.79 Å². The number of rotatable bonds is 6. The number of hydrogen-bond donors (Lipinski definition) is 2. The Balaban J connectivity index is 1.67. The minimum absolute atomic E-state index is 0.220. The first kappa shape index (κ1) is 18.8. The molecule has 4 rings (SSSR count). The molecule has 0 aliphatic heterocycles. The van der Waals surface area contributed by atoms with Crippen molar-refractivity contribution in [3.8, 4) is 16.9 Å². The van der Waals surface area contributed by atoms with Gasteiger partial charge in [0.1, 0.15) is 5.69 Å². The molecule has 0 aliphatic carbocycles. The summed E-state index contributed by atoms with van der Waals surface area (Å²) in [5, 5.41) is 14.6. The molecule has 2 heterocycles. The highest BCUT2D eigenvalue weighted by Crippen LogP contribution is 2.23. The molecular formula is C21H20N6OS. The van der Waals surface area contributed by atoms with Gasteiger partial charge < -0.3 is 9.88 Å². The molecule has 0 atom stereocenters. The molecule has 2 N–H and O–H groups in total. The molecule has 8 heteroatoms. The number of nitrogens with zero attached hydrogens (tertiary/aromatic N) is 4. The summed E-state index contributed by atoms with van der Waals surface area (Å²) >= 11 is 5.21. The summed E-state index contributed by atoms with van der Waals surface area (Å²) in [5.74, 6) is 0.463. The zero-order valence-corrected chi connectivity index (χ0v) is 16.7. The van der Waals surface area contributed by atoms with E-state index < -0.39 is 0 Å². The van der Waals surface area contributed by atoms with Crippen molar-refractivity contribution in [3.05, 3.63) is 83.0 Å². The summed E-state index contributed by atoms with van der Waals surface area (Å²) in [5.41, 5.74) is 2.89. The lowest BCUT2D eigenvalue weighted by Crippen LogP contribution is -2.25. The van der Waals surface area contributed by atoms with Gasteiger partial charge in [-0.05, 0) is 31.3 Å². The highest BCUT2D eigenvalue weighted by molar-refractivity contribution is 7.71. The Hall–Kier alpha value is -3.52. The van der Waals surface area contributed by atoms with Crippen LogP contribution in [0, 0.1) is 4.77 Å². The summed E-state index contributed by atoms with van der Waals surface area (Å²) < 4.78 is 4.11. The Bertz CT molecular complexity index is 1180. The molecule has 2 aromatic heterocycles. The minimum atomic E-state index is -0.220. The monoisotopic (exact) mass is 404 g/mol. The van der Waals surface area contributed by atoms with Crippen LogP contribution in [0.2, 0.25) is 0 Å². The van der Waals surface area contributed by atoms with E-state index >= 15 is 0 Å². The average molecular weight is 404 g/mol. The van der Waals surface area contributed by atoms with Crippen LogP contribution >= 0.6 is 12.2 Å². The van der Waals surface area contributed by atoms with Gasteiger partial charge in [0.15, 0.2) is 10.6 Å². The van der Waals surface area contributed by atoms with E-state index in [-0.39, 0.29) is 12.5 Å². The maximum atomic E-state index is 13.0. The molecule has 0 saturated heterocycles. The van der Waals surface area contributed by atoms with Crippen LogP contribution in [0.1, 0.15) is 23.1 Å². The molecule has 0 aliphatic rings. The highest BCUT2D eigenvalue weighted by atomic mass is 32.1. The van der Waals surface area contributed by atoms with Gasteiger partial charge in [0.05, 0.1) is 17.8 Å². The normalized spacial score (nSPS) is 10.8. The minimum Gasteiger partial charge on any atom is -0.345 e. The maximum Gasteiger partial charge on any atom is 0.255 e. The molecule has 146 valence electrons. The third kappa shape index (κ3) is 3.88. The molecule has 0 saturated carbocycles. The summed E-state index contributed by atoms with van der Waals surface area (Å²) in [6.07, 6.45) is 1.75. The van der Waals surface area contributed by atoms with Gasteiger partial charge in [0, 0.05) is 18.3 Å². The summed E-state index contributed by atoms with van der Waals surface area (Å²) in [6, 6.07) is 19.4. The molecule has 2 aromatic carbocycles. The number of H-pyrrole nitrogens is 1. The number of carbonyl (C=O) groups excluding carboxylic acids is 1. The van der Waals surface area contributed by atoms with Crippen molar-refractivity contribution in [2.45, 2.75) is 20.0 Å². The molecule has 0 unspecified atom stereocenters. The topological polar surface area (TPSA) is 80.5 Å². The van der Waals surface area contributed by atoms with Gasteiger partial charge in [-0.1, -0.05) is 48.5 Å². The molecule has 0 bridgehead atoms. The zero-order valence-electron chi connectivity index (χ0n) is 15.9. The van der Waals surface area contributed by atoms with E-state index in [2.05, 4.69) is 20.6 Å². The van der Waals surface area contributed by atoms with Crippen LogP contribution < -0.4 is 5.32 Å². The molecule has 29 heavy (non-hydrogen) atoms. The number of amides is 1. The van der Waals surface area contributed by atoms with Crippen molar-refractivity contribution in [1.29, 1.82) is 0 Å². The fourth-order valence-electron chi connectivity index (χ4n) is 3.13. The number of nitrogens with one attached hydrogen (secondary N) is 2. The second-order valence-electron chi connectivity index (χ2n) is 6.41. The van der Waals surface area contributed by atoms with Gasteiger partial charge >= 0.3 is 0 Å². The van der Waals surface area contributed by atoms with Crippen LogP contribution in [0.15, 0.2) is 66.9 Å². The lowest BCUT2D eigenvalue weighted by atomic mass is 10.1. The van der Waals surface area contributed by atoms with Crippen LogP contribution in [-0.2, 0) is 13.1 Å². The number of aromatic amines is 1. The molecule has 0 spiro atoms. The molecule has 0 fully saturated rings. The van der Waals surface area contributed by atoms with Gasteiger partial charge in [0.25, 0.3) is 5.91 Å². The first-order valence-electron chi connectivity index (χ1n) is 9.30. The van der Waals surface area contributed by atoms with E-state index in [4.69, 9.17) is 12.2 Å². The van der Waals surface area contributed by atoms with Crippen molar-refractivity contribution in [2.24, 2.45) is 0 Å². The standard InChI is InChI=1S/C21H20N6OS/c1-2-26-18(23-24-21(26)29)13-22-20(28)17-14-27(16-11-7-4-8-12-16)25-19(17)15-9-5-3-6-10-15/h3-12,14H,2,13H2,1H3,(H,22,28)(H,24,29). The quantitative estimate of drug-likeness (QED) is 0.480. The smallest absolute Gasteiger partial charge is 0.255 e. The van der Waals surface area contributed by atoms with Crippen molar-refractivity contribution in [3.63, 3.8) is 0 Å². The first-order chi connectivity index (χ1) is 14.2. The highest BCUT2D eigenvalue weighted by Gasteiger charge is 2.19. The molecule has 7 nitrogen and oxygen atoms in total. The fourth-order valence-corrected chi connectivity index (χ4v) is 3.41. The third-order valence-electron chi connectivity index (χ3n) is 4.59. The van der Waals surface area contributed by atoms with Crippen LogP contribution in [0.4, 0.5) is 0 Å². The predicted molar refractivity (Wildman–Crippen MR) is 113 cm³/mol. The average Bonchev–Trinajstić information content (AvgIpc) is 3.37. The van der Waals surface area contributed by atoms with Crippen molar-refractivity contribution >= 4 is 18.1 Å². The lowest BCUT2D eigenvalue weighted by Gasteiger charge is -2.06. The number of aromatic nitrogens is 5. The van der Waals surface area contributed by atoms with E-state index in [1.807, 2.05) is 72.2 Å². The summed E-state index contributed by atoms with van der Waals surface area (Å²) in [6.45, 7) is 2.93. The van der Waals surface area contributed by atoms with Gasteiger partial charge in [-0.2, -0.15) is 10.2 Å². The largest absolute Gasteiger partial charge is 0.345 e. The number of hydrogen-bond acceptors (Lipinski definition) is 4. The van der Waals surface area contributed by atoms with E-state index in [0.717, 1.165) is 11.3 Å². The number of benzene rings is 2. The van der Waals surface area contributed by atoms with Crippen LogP contribution in [0.3, 0.4) is 0 Å². The Labute approximate surface area is 173 Å². The van der Waals surface area contributed by atoms with Crippen molar-refractivity contribution in [1.82, 2.24) is 29.9 Å². The van der Waals surface area contributed by atoms with Crippen molar-refractivity contribution in [2.75, 3.05) is 0 Å². The summed E-state index contributed by atoms with van der Waals surface area (Å²) in [4.78, 5) is 13.0. The third-order valence-corrected chi connectivity index (χ3v) is 4.90. The van der Waals surface area contributed by atoms with E-state index in [1.54, 1.807) is 10.9 Å². The van der Waals surface area contributed by atoms with E-state index in [0.29, 0.717) is 28.4 Å².